The Bertz CT molecular complexity index is 470. The summed E-state index contributed by atoms with van der Waals surface area (Å²) in [5.41, 5.74) is 6.65. The number of amides is 2. The molecular formula is C15H23N3O2. The smallest absolute Gasteiger partial charge is 0.253 e. The molecule has 1 unspecified atom stereocenters. The molecule has 2 amide bonds. The van der Waals surface area contributed by atoms with E-state index in [1.54, 1.807) is 36.1 Å². The van der Waals surface area contributed by atoms with Crippen molar-refractivity contribution in [2.75, 3.05) is 25.0 Å². The standard InChI is InChI=1S/C15H23N3O2/c1-4-18(5-2)15(20)12-7-6-8-13(9-12)17-14(19)11(3)10-16/h6-9,11H,4-5,10,16H2,1-3H3,(H,17,19). The number of nitrogens with one attached hydrogen (secondary N) is 1. The molecule has 0 aromatic heterocycles. The molecule has 5 heteroatoms. The van der Waals surface area contributed by atoms with Gasteiger partial charge in [-0.2, -0.15) is 0 Å². The number of carbonyl (C=O) groups is 2. The summed E-state index contributed by atoms with van der Waals surface area (Å²) in [7, 11) is 0. The molecule has 0 heterocycles. The number of carbonyl (C=O) groups excluding carboxylic acids is 2. The van der Waals surface area contributed by atoms with Crippen LogP contribution in [0.2, 0.25) is 0 Å². The second-order valence-electron chi connectivity index (χ2n) is 4.68. The van der Waals surface area contributed by atoms with Gasteiger partial charge in [-0.25, -0.2) is 0 Å². The fourth-order valence-corrected chi connectivity index (χ4v) is 1.80. The zero-order valence-electron chi connectivity index (χ0n) is 12.3. The monoisotopic (exact) mass is 277 g/mol. The molecule has 0 aliphatic rings. The van der Waals surface area contributed by atoms with Crippen LogP contribution in [0.4, 0.5) is 5.69 Å². The van der Waals surface area contributed by atoms with Crippen LogP contribution in [0.25, 0.3) is 0 Å². The number of hydrogen-bond acceptors (Lipinski definition) is 3. The first-order valence-corrected chi connectivity index (χ1v) is 6.93. The highest BCUT2D eigenvalue weighted by Gasteiger charge is 2.14. The minimum absolute atomic E-state index is 0.0297. The third-order valence-electron chi connectivity index (χ3n) is 3.23. The number of rotatable bonds is 6. The van der Waals surface area contributed by atoms with E-state index in [1.807, 2.05) is 13.8 Å². The molecule has 0 spiro atoms. The van der Waals surface area contributed by atoms with Crippen LogP contribution in [0.5, 0.6) is 0 Å². The lowest BCUT2D eigenvalue weighted by atomic mass is 10.1. The van der Waals surface area contributed by atoms with Crippen molar-refractivity contribution in [1.29, 1.82) is 0 Å². The first-order valence-electron chi connectivity index (χ1n) is 6.93. The van der Waals surface area contributed by atoms with Crippen molar-refractivity contribution < 1.29 is 9.59 Å². The Balaban J connectivity index is 2.85. The number of anilines is 1. The fourth-order valence-electron chi connectivity index (χ4n) is 1.80. The van der Waals surface area contributed by atoms with Crippen molar-refractivity contribution in [1.82, 2.24) is 4.90 Å². The normalized spacial score (nSPS) is 11.8. The lowest BCUT2D eigenvalue weighted by Gasteiger charge is -2.19. The molecule has 0 bridgehead atoms. The number of nitrogens with zero attached hydrogens (tertiary/aromatic N) is 1. The molecule has 1 aromatic carbocycles. The van der Waals surface area contributed by atoms with Crippen molar-refractivity contribution in [3.05, 3.63) is 29.8 Å². The first kappa shape index (κ1) is 16.2. The molecule has 0 aliphatic carbocycles. The van der Waals surface area contributed by atoms with Gasteiger partial charge in [-0.1, -0.05) is 13.0 Å². The van der Waals surface area contributed by atoms with Crippen LogP contribution in [-0.2, 0) is 4.79 Å². The highest BCUT2D eigenvalue weighted by atomic mass is 16.2. The van der Waals surface area contributed by atoms with Gasteiger partial charge in [0.1, 0.15) is 0 Å². The summed E-state index contributed by atoms with van der Waals surface area (Å²) in [5.74, 6) is -0.421. The van der Waals surface area contributed by atoms with E-state index < -0.39 is 0 Å². The zero-order chi connectivity index (χ0) is 15.1. The quantitative estimate of drug-likeness (QED) is 0.831. The Labute approximate surface area is 120 Å². The molecule has 3 N–H and O–H groups in total. The van der Waals surface area contributed by atoms with Crippen LogP contribution in [0.1, 0.15) is 31.1 Å². The fraction of sp³-hybridized carbons (Fsp3) is 0.467. The second kappa shape index (κ2) is 7.65. The molecule has 0 saturated heterocycles. The Hall–Kier alpha value is -1.88. The third-order valence-corrected chi connectivity index (χ3v) is 3.23. The van der Waals surface area contributed by atoms with Crippen molar-refractivity contribution in [2.45, 2.75) is 20.8 Å². The van der Waals surface area contributed by atoms with Gasteiger partial charge in [0, 0.05) is 36.8 Å². The summed E-state index contributed by atoms with van der Waals surface area (Å²) in [4.78, 5) is 25.8. The lowest BCUT2D eigenvalue weighted by Crippen LogP contribution is -2.30. The first-order chi connectivity index (χ1) is 9.53. The van der Waals surface area contributed by atoms with Crippen LogP contribution in [-0.4, -0.2) is 36.3 Å². The predicted molar refractivity (Wildman–Crippen MR) is 80.5 cm³/mol. The Morgan fingerprint density at radius 2 is 1.95 bits per heavy atom. The van der Waals surface area contributed by atoms with Gasteiger partial charge in [-0.3, -0.25) is 9.59 Å². The summed E-state index contributed by atoms with van der Waals surface area (Å²) in [6, 6.07) is 6.98. The zero-order valence-corrected chi connectivity index (χ0v) is 12.3. The van der Waals surface area contributed by atoms with Crippen molar-refractivity contribution in [3.63, 3.8) is 0 Å². The summed E-state index contributed by atoms with van der Waals surface area (Å²) in [5, 5.41) is 2.77. The Kier molecular flexibility index (Phi) is 6.18. The average molecular weight is 277 g/mol. The molecule has 5 nitrogen and oxygen atoms in total. The molecule has 1 rings (SSSR count). The second-order valence-corrected chi connectivity index (χ2v) is 4.68. The van der Waals surface area contributed by atoms with Gasteiger partial charge >= 0.3 is 0 Å². The molecular weight excluding hydrogens is 254 g/mol. The van der Waals surface area contributed by atoms with Crippen LogP contribution in [0.3, 0.4) is 0 Å². The van der Waals surface area contributed by atoms with E-state index >= 15 is 0 Å². The van der Waals surface area contributed by atoms with Crippen LogP contribution >= 0.6 is 0 Å². The average Bonchev–Trinajstić information content (AvgIpc) is 2.47. The molecule has 0 radical (unpaired) electrons. The third kappa shape index (κ3) is 4.06. The van der Waals surface area contributed by atoms with Gasteiger partial charge in [-0.05, 0) is 32.0 Å². The van der Waals surface area contributed by atoms with Crippen molar-refractivity contribution in [2.24, 2.45) is 11.7 Å². The Morgan fingerprint density at radius 1 is 1.30 bits per heavy atom. The SMILES string of the molecule is CCN(CC)C(=O)c1cccc(NC(=O)C(C)CN)c1. The van der Waals surface area contributed by atoms with E-state index in [9.17, 15) is 9.59 Å². The molecule has 1 aromatic rings. The summed E-state index contributed by atoms with van der Waals surface area (Å²) in [6.07, 6.45) is 0. The summed E-state index contributed by atoms with van der Waals surface area (Å²) < 4.78 is 0. The summed E-state index contributed by atoms with van der Waals surface area (Å²) in [6.45, 7) is 7.27. The van der Waals surface area contributed by atoms with Gasteiger partial charge < -0.3 is 16.0 Å². The van der Waals surface area contributed by atoms with Gasteiger partial charge in [0.2, 0.25) is 5.91 Å². The van der Waals surface area contributed by atoms with Gasteiger partial charge in [0.15, 0.2) is 0 Å². The van der Waals surface area contributed by atoms with Crippen LogP contribution in [0.15, 0.2) is 24.3 Å². The molecule has 1 atom stereocenters. The molecule has 0 saturated carbocycles. The largest absolute Gasteiger partial charge is 0.339 e. The van der Waals surface area contributed by atoms with E-state index in [0.29, 0.717) is 30.9 Å². The minimum Gasteiger partial charge on any atom is -0.339 e. The number of benzene rings is 1. The molecule has 110 valence electrons. The van der Waals surface area contributed by atoms with E-state index in [2.05, 4.69) is 5.32 Å². The molecule has 0 fully saturated rings. The number of hydrogen-bond donors (Lipinski definition) is 2. The van der Waals surface area contributed by atoms with Gasteiger partial charge in [0.25, 0.3) is 5.91 Å². The maximum atomic E-state index is 12.2. The number of nitrogens with two attached hydrogens (primary N) is 1. The highest BCUT2D eigenvalue weighted by molar-refractivity contribution is 5.97. The van der Waals surface area contributed by atoms with Crippen molar-refractivity contribution >= 4 is 17.5 Å². The van der Waals surface area contributed by atoms with Crippen LogP contribution in [0, 0.1) is 5.92 Å². The maximum absolute atomic E-state index is 12.2. The topological polar surface area (TPSA) is 75.4 Å². The highest BCUT2D eigenvalue weighted by Crippen LogP contribution is 2.13. The van der Waals surface area contributed by atoms with Gasteiger partial charge in [-0.15, -0.1) is 0 Å². The van der Waals surface area contributed by atoms with Gasteiger partial charge in [0.05, 0.1) is 0 Å². The van der Waals surface area contributed by atoms with Crippen LogP contribution < -0.4 is 11.1 Å². The molecule has 0 aliphatic heterocycles. The van der Waals surface area contributed by atoms with E-state index in [1.165, 1.54) is 0 Å². The predicted octanol–water partition coefficient (Wildman–Crippen LogP) is 1.70. The lowest BCUT2D eigenvalue weighted by molar-refractivity contribution is -0.119. The van der Waals surface area contributed by atoms with Crippen molar-refractivity contribution in [3.8, 4) is 0 Å². The van der Waals surface area contributed by atoms with E-state index in [0.717, 1.165) is 0 Å². The summed E-state index contributed by atoms with van der Waals surface area (Å²) >= 11 is 0. The Morgan fingerprint density at radius 3 is 2.50 bits per heavy atom. The minimum atomic E-state index is -0.253. The maximum Gasteiger partial charge on any atom is 0.253 e. The molecule has 20 heavy (non-hydrogen) atoms. The van der Waals surface area contributed by atoms with E-state index in [4.69, 9.17) is 5.73 Å². The van der Waals surface area contributed by atoms with E-state index in [-0.39, 0.29) is 17.7 Å².